The SMILES string of the molecule is NC(=O)[C@@H]1CCN(C(=O)N[C@@H]2CCc3cc(Cl)ccc32)C1. The average Bonchev–Trinajstić information content (AvgIpc) is 3.06. The summed E-state index contributed by atoms with van der Waals surface area (Å²) >= 11 is 5.99. The van der Waals surface area contributed by atoms with Crippen molar-refractivity contribution in [2.24, 2.45) is 11.7 Å². The Balaban J connectivity index is 1.64. The molecule has 1 aliphatic heterocycles. The zero-order valence-electron chi connectivity index (χ0n) is 11.6. The van der Waals surface area contributed by atoms with Crippen molar-refractivity contribution >= 4 is 23.5 Å². The Hall–Kier alpha value is -1.75. The number of benzene rings is 1. The van der Waals surface area contributed by atoms with E-state index in [0.29, 0.717) is 19.5 Å². The number of nitrogens with one attached hydrogen (secondary N) is 1. The summed E-state index contributed by atoms with van der Waals surface area (Å²) in [6.07, 6.45) is 2.46. The van der Waals surface area contributed by atoms with Crippen LogP contribution in [-0.2, 0) is 11.2 Å². The Kier molecular flexibility index (Phi) is 3.76. The topological polar surface area (TPSA) is 75.4 Å². The maximum Gasteiger partial charge on any atom is 0.317 e. The van der Waals surface area contributed by atoms with E-state index in [-0.39, 0.29) is 23.9 Å². The minimum atomic E-state index is -0.328. The Morgan fingerprint density at radius 3 is 2.86 bits per heavy atom. The summed E-state index contributed by atoms with van der Waals surface area (Å²) in [5, 5.41) is 3.77. The maximum absolute atomic E-state index is 12.3. The molecule has 1 aromatic rings. The number of aryl methyl sites for hydroxylation is 1. The molecule has 0 saturated carbocycles. The molecule has 21 heavy (non-hydrogen) atoms. The van der Waals surface area contributed by atoms with Gasteiger partial charge in [-0.25, -0.2) is 4.79 Å². The number of hydrogen-bond acceptors (Lipinski definition) is 2. The molecule has 0 bridgehead atoms. The molecular formula is C15H18ClN3O2. The van der Waals surface area contributed by atoms with Gasteiger partial charge >= 0.3 is 6.03 Å². The van der Waals surface area contributed by atoms with Crippen molar-refractivity contribution in [3.05, 3.63) is 34.3 Å². The molecule has 0 unspecified atom stereocenters. The number of fused-ring (bicyclic) bond motifs is 1. The van der Waals surface area contributed by atoms with Gasteiger partial charge in [-0.15, -0.1) is 0 Å². The second-order valence-electron chi connectivity index (χ2n) is 5.72. The lowest BCUT2D eigenvalue weighted by atomic mass is 10.1. The Morgan fingerprint density at radius 1 is 1.33 bits per heavy atom. The van der Waals surface area contributed by atoms with Crippen LogP contribution in [0, 0.1) is 5.92 Å². The zero-order chi connectivity index (χ0) is 15.0. The highest BCUT2D eigenvalue weighted by atomic mass is 35.5. The van der Waals surface area contributed by atoms with Gasteiger partial charge in [0.1, 0.15) is 0 Å². The summed E-state index contributed by atoms with van der Waals surface area (Å²) in [6, 6.07) is 5.70. The van der Waals surface area contributed by atoms with Crippen LogP contribution < -0.4 is 11.1 Å². The fourth-order valence-electron chi connectivity index (χ4n) is 3.15. The zero-order valence-corrected chi connectivity index (χ0v) is 12.4. The van der Waals surface area contributed by atoms with Gasteiger partial charge in [0.05, 0.1) is 12.0 Å². The van der Waals surface area contributed by atoms with E-state index in [1.54, 1.807) is 4.90 Å². The van der Waals surface area contributed by atoms with E-state index in [2.05, 4.69) is 5.32 Å². The van der Waals surface area contributed by atoms with Crippen LogP contribution in [0.1, 0.15) is 30.0 Å². The standard InChI is InChI=1S/C15H18ClN3O2/c16-11-2-3-12-9(7-11)1-4-13(12)18-15(21)19-6-5-10(8-19)14(17)20/h2-3,7,10,13H,1,4-6,8H2,(H2,17,20)(H,18,21)/t10-,13-/m1/s1. The molecule has 1 saturated heterocycles. The molecule has 1 aliphatic carbocycles. The molecule has 112 valence electrons. The Morgan fingerprint density at radius 2 is 2.14 bits per heavy atom. The van der Waals surface area contributed by atoms with Crippen LogP contribution in [0.4, 0.5) is 4.79 Å². The maximum atomic E-state index is 12.3. The first-order chi connectivity index (χ1) is 10.0. The van der Waals surface area contributed by atoms with Crippen molar-refractivity contribution in [1.82, 2.24) is 10.2 Å². The third-order valence-electron chi connectivity index (χ3n) is 4.36. The van der Waals surface area contributed by atoms with Crippen molar-refractivity contribution in [3.63, 3.8) is 0 Å². The Bertz CT molecular complexity index is 590. The third kappa shape index (κ3) is 2.83. The largest absolute Gasteiger partial charge is 0.369 e. The summed E-state index contributed by atoms with van der Waals surface area (Å²) in [5.41, 5.74) is 7.63. The van der Waals surface area contributed by atoms with Gasteiger partial charge in [0.2, 0.25) is 5.91 Å². The second-order valence-corrected chi connectivity index (χ2v) is 6.15. The normalized spacial score (nSPS) is 24.0. The number of nitrogens with zero attached hydrogens (tertiary/aromatic N) is 1. The Labute approximate surface area is 128 Å². The van der Waals surface area contributed by atoms with Gasteiger partial charge in [-0.3, -0.25) is 4.79 Å². The van der Waals surface area contributed by atoms with E-state index in [1.807, 2.05) is 18.2 Å². The average molecular weight is 308 g/mol. The molecule has 0 radical (unpaired) electrons. The van der Waals surface area contributed by atoms with Crippen molar-refractivity contribution in [3.8, 4) is 0 Å². The van der Waals surface area contributed by atoms with Crippen LogP contribution in [0.25, 0.3) is 0 Å². The predicted octanol–water partition coefficient (Wildman–Crippen LogP) is 1.84. The van der Waals surface area contributed by atoms with Gasteiger partial charge < -0.3 is 16.0 Å². The van der Waals surface area contributed by atoms with Crippen molar-refractivity contribution in [2.45, 2.75) is 25.3 Å². The number of carbonyl (C=O) groups excluding carboxylic acids is 2. The summed E-state index contributed by atoms with van der Waals surface area (Å²) in [5.74, 6) is -0.545. The summed E-state index contributed by atoms with van der Waals surface area (Å²) in [7, 11) is 0. The van der Waals surface area contributed by atoms with E-state index in [0.717, 1.165) is 23.4 Å². The van der Waals surface area contributed by atoms with Crippen LogP contribution in [0.15, 0.2) is 18.2 Å². The first-order valence-electron chi connectivity index (χ1n) is 7.17. The number of likely N-dealkylation sites (tertiary alicyclic amines) is 1. The van der Waals surface area contributed by atoms with Gasteiger partial charge in [-0.05, 0) is 42.5 Å². The molecule has 3 N–H and O–H groups in total. The molecule has 5 nitrogen and oxygen atoms in total. The second kappa shape index (κ2) is 5.56. The van der Waals surface area contributed by atoms with Crippen LogP contribution in [0.3, 0.4) is 0 Å². The molecule has 0 spiro atoms. The molecule has 1 heterocycles. The van der Waals surface area contributed by atoms with Crippen molar-refractivity contribution in [2.75, 3.05) is 13.1 Å². The molecule has 2 atom stereocenters. The molecule has 3 rings (SSSR count). The van der Waals surface area contributed by atoms with Crippen molar-refractivity contribution in [1.29, 1.82) is 0 Å². The molecule has 2 aliphatic rings. The van der Waals surface area contributed by atoms with Gasteiger partial charge in [0.25, 0.3) is 0 Å². The van der Waals surface area contributed by atoms with Gasteiger partial charge in [0.15, 0.2) is 0 Å². The summed E-state index contributed by atoms with van der Waals surface area (Å²) < 4.78 is 0. The highest BCUT2D eigenvalue weighted by molar-refractivity contribution is 6.30. The number of nitrogens with two attached hydrogens (primary N) is 1. The minimum absolute atomic E-state index is 0.0254. The number of primary amides is 1. The number of amides is 3. The highest BCUT2D eigenvalue weighted by Gasteiger charge is 2.32. The number of urea groups is 1. The molecule has 1 aromatic carbocycles. The van der Waals surface area contributed by atoms with Gasteiger partial charge in [-0.1, -0.05) is 17.7 Å². The van der Waals surface area contributed by atoms with E-state index in [9.17, 15) is 9.59 Å². The lowest BCUT2D eigenvalue weighted by molar-refractivity contribution is -0.121. The minimum Gasteiger partial charge on any atom is -0.369 e. The fraction of sp³-hybridized carbons (Fsp3) is 0.467. The van der Waals surface area contributed by atoms with Crippen LogP contribution in [-0.4, -0.2) is 29.9 Å². The monoisotopic (exact) mass is 307 g/mol. The highest BCUT2D eigenvalue weighted by Crippen LogP contribution is 2.33. The summed E-state index contributed by atoms with van der Waals surface area (Å²) in [4.78, 5) is 25.1. The van der Waals surface area contributed by atoms with Gasteiger partial charge in [0, 0.05) is 18.1 Å². The molecule has 1 fully saturated rings. The molecule has 6 heteroatoms. The number of halogens is 1. The smallest absolute Gasteiger partial charge is 0.317 e. The molecule has 0 aromatic heterocycles. The van der Waals surface area contributed by atoms with Crippen LogP contribution in [0.5, 0.6) is 0 Å². The first-order valence-corrected chi connectivity index (χ1v) is 7.55. The first kappa shape index (κ1) is 14.2. The lowest BCUT2D eigenvalue weighted by Gasteiger charge is -2.21. The number of hydrogen-bond donors (Lipinski definition) is 2. The fourth-order valence-corrected chi connectivity index (χ4v) is 3.35. The number of rotatable bonds is 2. The molecule has 3 amide bonds. The number of carbonyl (C=O) groups is 2. The lowest BCUT2D eigenvalue weighted by Crippen LogP contribution is -2.40. The molecular weight excluding hydrogens is 290 g/mol. The van der Waals surface area contributed by atoms with E-state index < -0.39 is 0 Å². The predicted molar refractivity (Wildman–Crippen MR) is 79.9 cm³/mol. The van der Waals surface area contributed by atoms with E-state index in [1.165, 1.54) is 5.56 Å². The third-order valence-corrected chi connectivity index (χ3v) is 4.59. The van der Waals surface area contributed by atoms with E-state index >= 15 is 0 Å². The van der Waals surface area contributed by atoms with Gasteiger partial charge in [-0.2, -0.15) is 0 Å². The van der Waals surface area contributed by atoms with E-state index in [4.69, 9.17) is 17.3 Å². The quantitative estimate of drug-likeness (QED) is 0.875. The van der Waals surface area contributed by atoms with Crippen LogP contribution >= 0.6 is 11.6 Å². The van der Waals surface area contributed by atoms with Crippen LogP contribution in [0.2, 0.25) is 5.02 Å². The summed E-state index contributed by atoms with van der Waals surface area (Å²) in [6.45, 7) is 1.00. The van der Waals surface area contributed by atoms with Crippen molar-refractivity contribution < 1.29 is 9.59 Å².